The van der Waals surface area contributed by atoms with Gasteiger partial charge in [-0.05, 0) is 36.3 Å². The van der Waals surface area contributed by atoms with E-state index in [0.29, 0.717) is 12.2 Å². The van der Waals surface area contributed by atoms with Crippen LogP contribution in [0, 0.1) is 0 Å². The average molecular weight is 369 g/mol. The molecule has 0 spiro atoms. The van der Waals surface area contributed by atoms with Crippen molar-refractivity contribution in [1.82, 2.24) is 0 Å². The summed E-state index contributed by atoms with van der Waals surface area (Å²) in [4.78, 5) is 21.5. The number of rotatable bonds is 5. The van der Waals surface area contributed by atoms with Crippen molar-refractivity contribution in [3.8, 4) is 5.75 Å². The minimum absolute atomic E-state index is 0.194. The Morgan fingerprint density at radius 2 is 1.48 bits per heavy atom. The van der Waals surface area contributed by atoms with Crippen molar-refractivity contribution < 1.29 is 19.7 Å². The van der Waals surface area contributed by atoms with Crippen molar-refractivity contribution in [2.24, 2.45) is 0 Å². The Labute approximate surface area is 156 Å². The van der Waals surface area contributed by atoms with Crippen molar-refractivity contribution in [2.75, 3.05) is 0 Å². The molecule has 0 aliphatic carbocycles. The van der Waals surface area contributed by atoms with Gasteiger partial charge in [0.1, 0.15) is 5.75 Å². The first-order valence-electron chi connectivity index (χ1n) is 8.63. The molecule has 142 valence electrons. The lowest BCUT2D eigenvalue weighted by molar-refractivity contribution is -0.303. The van der Waals surface area contributed by atoms with E-state index in [4.69, 9.17) is 9.78 Å². The lowest BCUT2D eigenvalue weighted by atomic mass is 9.79. The number of carbonyl (C=O) groups excluding carboxylic acids is 1. The molecule has 0 amide bonds. The summed E-state index contributed by atoms with van der Waals surface area (Å²) in [6.07, 6.45) is 0.654. The summed E-state index contributed by atoms with van der Waals surface area (Å²) < 4.78 is 0. The molecule has 0 unspecified atom stereocenters. The quantitative estimate of drug-likeness (QED) is 0.313. The molecule has 0 heterocycles. The summed E-state index contributed by atoms with van der Waals surface area (Å²) in [6.45, 7) is 17.7. The fraction of sp³-hybridized carbons (Fsp3) is 0.650. The van der Waals surface area contributed by atoms with Crippen LogP contribution >= 0.6 is 11.8 Å². The van der Waals surface area contributed by atoms with Gasteiger partial charge in [-0.15, -0.1) is 0 Å². The minimum Gasteiger partial charge on any atom is -0.507 e. The van der Waals surface area contributed by atoms with Crippen LogP contribution in [0.25, 0.3) is 0 Å². The van der Waals surface area contributed by atoms with E-state index in [0.717, 1.165) is 16.0 Å². The number of hydrogen-bond acceptors (Lipinski definition) is 5. The van der Waals surface area contributed by atoms with Crippen LogP contribution < -0.4 is 0 Å². The van der Waals surface area contributed by atoms with Crippen molar-refractivity contribution in [3.63, 3.8) is 0 Å². The molecule has 0 aromatic heterocycles. The van der Waals surface area contributed by atoms with E-state index in [9.17, 15) is 9.90 Å². The number of carbonyl (C=O) groups is 1. The third kappa shape index (κ3) is 5.93. The highest BCUT2D eigenvalue weighted by Crippen LogP contribution is 2.45. The Morgan fingerprint density at radius 3 is 1.80 bits per heavy atom. The Hall–Kier alpha value is -1.20. The molecule has 0 aliphatic heterocycles. The van der Waals surface area contributed by atoms with Crippen molar-refractivity contribution in [2.45, 2.75) is 89.4 Å². The number of phenols is 1. The topological polar surface area (TPSA) is 55.8 Å². The molecule has 1 N–H and O–H groups in total. The van der Waals surface area contributed by atoms with E-state index >= 15 is 0 Å². The van der Waals surface area contributed by atoms with E-state index < -0.39 is 10.9 Å². The summed E-state index contributed by atoms with van der Waals surface area (Å²) in [5.74, 6) is -0.125. The van der Waals surface area contributed by atoms with Crippen LogP contribution in [-0.2, 0) is 25.4 Å². The second kappa shape index (κ2) is 7.58. The average Bonchev–Trinajstić information content (AvgIpc) is 2.44. The fourth-order valence-corrected chi connectivity index (χ4v) is 3.42. The maximum atomic E-state index is 11.1. The van der Waals surface area contributed by atoms with Gasteiger partial charge in [-0.3, -0.25) is 4.89 Å². The Kier molecular flexibility index (Phi) is 6.63. The molecule has 1 rings (SSSR count). The molecule has 0 saturated carbocycles. The molecule has 5 heteroatoms. The van der Waals surface area contributed by atoms with Crippen LogP contribution in [0.3, 0.4) is 0 Å². The first kappa shape index (κ1) is 21.8. The highest BCUT2D eigenvalue weighted by atomic mass is 32.2. The summed E-state index contributed by atoms with van der Waals surface area (Å²) in [7, 11) is 0. The van der Waals surface area contributed by atoms with Gasteiger partial charge in [0, 0.05) is 22.9 Å². The lowest BCUT2D eigenvalue weighted by Crippen LogP contribution is -2.25. The molecular formula is C20H32O4S. The van der Waals surface area contributed by atoms with E-state index in [1.165, 1.54) is 18.7 Å². The van der Waals surface area contributed by atoms with Gasteiger partial charge in [0.05, 0.1) is 0 Å². The first-order chi connectivity index (χ1) is 11.2. The number of thioether (sulfide) groups is 1. The maximum Gasteiger partial charge on any atom is 0.339 e. The van der Waals surface area contributed by atoms with Crippen molar-refractivity contribution in [1.29, 1.82) is 0 Å². The van der Waals surface area contributed by atoms with Crippen LogP contribution in [0.1, 0.15) is 79.9 Å². The van der Waals surface area contributed by atoms with Gasteiger partial charge in [0.15, 0.2) is 4.93 Å². The Bertz CT molecular complexity index is 591. The van der Waals surface area contributed by atoms with Crippen LogP contribution in [-0.4, -0.2) is 16.0 Å². The van der Waals surface area contributed by atoms with Crippen LogP contribution in [0.2, 0.25) is 0 Å². The van der Waals surface area contributed by atoms with Gasteiger partial charge in [0.2, 0.25) is 0 Å². The summed E-state index contributed by atoms with van der Waals surface area (Å²) in [5, 5.41) is 10.8. The zero-order valence-electron chi connectivity index (χ0n) is 16.9. The predicted molar refractivity (Wildman–Crippen MR) is 103 cm³/mol. The molecule has 1 aromatic carbocycles. The number of benzene rings is 1. The summed E-state index contributed by atoms with van der Waals surface area (Å²) in [6, 6.07) is 4.00. The van der Waals surface area contributed by atoms with Gasteiger partial charge in [-0.25, -0.2) is 4.79 Å². The number of aromatic hydroxyl groups is 1. The number of hydrogen-bond donors (Lipinski definition) is 1. The number of phenolic OH excluding ortho intramolecular Hbond substituents is 1. The first-order valence-corrected chi connectivity index (χ1v) is 9.44. The summed E-state index contributed by atoms with van der Waals surface area (Å²) in [5.41, 5.74) is 1.40. The van der Waals surface area contributed by atoms with Gasteiger partial charge < -0.3 is 5.11 Å². The molecule has 25 heavy (non-hydrogen) atoms. The van der Waals surface area contributed by atoms with Gasteiger partial charge in [-0.1, -0.05) is 60.2 Å². The molecule has 0 saturated heterocycles. The molecule has 0 radical (unpaired) electrons. The molecule has 0 aliphatic rings. The smallest absolute Gasteiger partial charge is 0.339 e. The lowest BCUT2D eigenvalue weighted by Gasteiger charge is -2.30. The van der Waals surface area contributed by atoms with Crippen LogP contribution in [0.5, 0.6) is 5.75 Å². The SMILES string of the molecule is CC[C@](C)(OOC(C)=O)Sc1cc(C(C)(C)C)c(O)c(C(C)(C)C)c1. The normalized spacial score (nSPS) is 14.9. The second-order valence-corrected chi connectivity index (χ2v) is 10.2. The highest BCUT2D eigenvalue weighted by Gasteiger charge is 2.31. The largest absolute Gasteiger partial charge is 0.507 e. The molecule has 0 bridgehead atoms. The van der Waals surface area contributed by atoms with Crippen molar-refractivity contribution in [3.05, 3.63) is 23.3 Å². The molecule has 4 nitrogen and oxygen atoms in total. The zero-order chi connectivity index (χ0) is 19.6. The van der Waals surface area contributed by atoms with E-state index in [2.05, 4.69) is 41.5 Å². The third-order valence-electron chi connectivity index (χ3n) is 4.01. The Morgan fingerprint density at radius 1 is 1.04 bits per heavy atom. The highest BCUT2D eigenvalue weighted by molar-refractivity contribution is 8.00. The van der Waals surface area contributed by atoms with Gasteiger partial charge in [-0.2, -0.15) is 4.89 Å². The van der Waals surface area contributed by atoms with E-state index in [1.807, 2.05) is 26.0 Å². The van der Waals surface area contributed by atoms with Crippen LogP contribution in [0.4, 0.5) is 0 Å². The monoisotopic (exact) mass is 368 g/mol. The minimum atomic E-state index is -0.701. The van der Waals surface area contributed by atoms with E-state index in [1.54, 1.807) is 0 Å². The van der Waals surface area contributed by atoms with Crippen molar-refractivity contribution >= 4 is 17.7 Å². The molecule has 1 atom stereocenters. The fourth-order valence-electron chi connectivity index (χ4n) is 2.35. The Balaban J connectivity index is 3.37. The zero-order valence-corrected chi connectivity index (χ0v) is 17.8. The van der Waals surface area contributed by atoms with Gasteiger partial charge in [0.25, 0.3) is 0 Å². The van der Waals surface area contributed by atoms with E-state index in [-0.39, 0.29) is 10.8 Å². The molecular weight excluding hydrogens is 336 g/mol. The standard InChI is InChI=1S/C20H32O4S/c1-10-20(9,24-23-13(2)21)25-14-11-15(18(3,4)5)17(22)16(12-14)19(6,7)8/h11-12,22H,10H2,1-9H3/t20-/m1/s1. The maximum absolute atomic E-state index is 11.1. The third-order valence-corrected chi connectivity index (χ3v) is 5.27. The van der Waals surface area contributed by atoms with Gasteiger partial charge >= 0.3 is 5.97 Å². The summed E-state index contributed by atoms with van der Waals surface area (Å²) >= 11 is 1.49. The second-order valence-electron chi connectivity index (χ2n) is 8.61. The predicted octanol–water partition coefficient (Wildman–Crippen LogP) is 5.70. The molecule has 1 aromatic rings. The molecule has 0 fully saturated rings. The van der Waals surface area contributed by atoms with Crippen LogP contribution in [0.15, 0.2) is 17.0 Å².